The van der Waals surface area contributed by atoms with Crippen LogP contribution in [-0.2, 0) is 10.0 Å². The van der Waals surface area contributed by atoms with Crippen LogP contribution in [0, 0.1) is 5.82 Å². The molecule has 108 valence electrons. The number of nitrogen functional groups attached to an aromatic ring is 1. The van der Waals surface area contributed by atoms with Crippen molar-refractivity contribution in [3.05, 3.63) is 17.9 Å². The third-order valence-electron chi connectivity index (χ3n) is 2.48. The summed E-state index contributed by atoms with van der Waals surface area (Å²) >= 11 is 0. The molecule has 3 N–H and O–H groups in total. The molecule has 6 nitrogen and oxygen atoms in total. The smallest absolute Gasteiger partial charge is 0.243 e. The van der Waals surface area contributed by atoms with Crippen LogP contribution in [0.2, 0.25) is 0 Å². The third-order valence-corrected chi connectivity index (χ3v) is 4.28. The summed E-state index contributed by atoms with van der Waals surface area (Å²) in [5.41, 5.74) is 5.43. The molecule has 0 aliphatic carbocycles. The van der Waals surface area contributed by atoms with Crippen LogP contribution in [0.1, 0.15) is 6.92 Å². The highest BCUT2D eigenvalue weighted by Gasteiger charge is 2.24. The van der Waals surface area contributed by atoms with Crippen LogP contribution in [0.4, 0.5) is 10.1 Å². The molecule has 0 aromatic heterocycles. The Labute approximate surface area is 111 Å². The van der Waals surface area contributed by atoms with Crippen LogP contribution >= 0.6 is 0 Å². The number of hydrogen-bond acceptors (Lipinski definition) is 5. The molecule has 0 radical (unpaired) electrons. The monoisotopic (exact) mass is 292 g/mol. The minimum absolute atomic E-state index is 0.101. The van der Waals surface area contributed by atoms with Crippen LogP contribution in [0.5, 0.6) is 5.75 Å². The van der Waals surface area contributed by atoms with Crippen molar-refractivity contribution in [2.24, 2.45) is 0 Å². The van der Waals surface area contributed by atoms with E-state index in [-0.39, 0.29) is 22.9 Å². The van der Waals surface area contributed by atoms with Crippen molar-refractivity contribution in [1.29, 1.82) is 0 Å². The van der Waals surface area contributed by atoms with Crippen molar-refractivity contribution in [2.45, 2.75) is 17.9 Å². The summed E-state index contributed by atoms with van der Waals surface area (Å²) in [5, 5.41) is 9.20. The number of likely N-dealkylation sites (N-methyl/N-ethyl adjacent to an activating group) is 1. The zero-order chi connectivity index (χ0) is 14.8. The molecule has 1 unspecified atom stereocenters. The SMILES string of the molecule is COc1c(N)cc(S(=O)(=O)N(C)CC(C)O)cc1F. The molecule has 0 spiro atoms. The molecule has 0 aliphatic rings. The molecular formula is C11H17FN2O4S. The fourth-order valence-corrected chi connectivity index (χ4v) is 2.90. The molecule has 0 bridgehead atoms. The van der Waals surface area contributed by atoms with Crippen molar-refractivity contribution in [1.82, 2.24) is 4.31 Å². The predicted octanol–water partition coefficient (Wildman–Crippen LogP) is 0.418. The number of rotatable bonds is 5. The van der Waals surface area contributed by atoms with Gasteiger partial charge in [-0.25, -0.2) is 12.8 Å². The highest BCUT2D eigenvalue weighted by atomic mass is 32.2. The predicted molar refractivity (Wildman–Crippen MR) is 68.9 cm³/mol. The van der Waals surface area contributed by atoms with Gasteiger partial charge >= 0.3 is 0 Å². The van der Waals surface area contributed by atoms with Crippen molar-refractivity contribution in [3.63, 3.8) is 0 Å². The number of halogens is 1. The normalized spacial score (nSPS) is 13.6. The van der Waals surface area contributed by atoms with E-state index < -0.39 is 21.9 Å². The summed E-state index contributed by atoms with van der Waals surface area (Å²) in [6, 6.07) is 1.96. The van der Waals surface area contributed by atoms with Gasteiger partial charge in [0.15, 0.2) is 11.6 Å². The van der Waals surface area contributed by atoms with Crippen LogP contribution in [0.3, 0.4) is 0 Å². The first-order valence-corrected chi connectivity index (χ1v) is 6.91. The maximum atomic E-state index is 13.6. The van der Waals surface area contributed by atoms with E-state index in [0.29, 0.717) is 0 Å². The summed E-state index contributed by atoms with van der Waals surface area (Å²) in [4.78, 5) is -0.286. The Morgan fingerprint density at radius 1 is 1.53 bits per heavy atom. The number of aliphatic hydroxyl groups excluding tert-OH is 1. The molecule has 0 aliphatic heterocycles. The van der Waals surface area contributed by atoms with Crippen LogP contribution < -0.4 is 10.5 Å². The van der Waals surface area contributed by atoms with Gasteiger partial charge in [-0.3, -0.25) is 0 Å². The third kappa shape index (κ3) is 3.34. The zero-order valence-electron chi connectivity index (χ0n) is 10.9. The molecule has 1 aromatic rings. The van der Waals surface area contributed by atoms with Gasteiger partial charge in [-0.2, -0.15) is 4.31 Å². The Balaban J connectivity index is 3.23. The van der Waals surface area contributed by atoms with Gasteiger partial charge in [0.2, 0.25) is 10.0 Å². The molecule has 1 aromatic carbocycles. The number of aliphatic hydroxyl groups is 1. The van der Waals surface area contributed by atoms with E-state index in [2.05, 4.69) is 0 Å². The first-order chi connectivity index (χ1) is 8.70. The van der Waals surface area contributed by atoms with Crippen LogP contribution in [0.15, 0.2) is 17.0 Å². The molecule has 1 atom stereocenters. The quantitative estimate of drug-likeness (QED) is 0.767. The molecule has 0 saturated carbocycles. The first kappa shape index (κ1) is 15.7. The summed E-state index contributed by atoms with van der Waals surface area (Å²) in [5.74, 6) is -1.05. The average Bonchev–Trinajstić information content (AvgIpc) is 2.27. The van der Waals surface area contributed by atoms with E-state index in [1.165, 1.54) is 21.1 Å². The molecule has 0 amide bonds. The van der Waals surface area contributed by atoms with Gasteiger partial charge in [0.1, 0.15) is 0 Å². The topological polar surface area (TPSA) is 92.9 Å². The number of nitrogens with two attached hydrogens (primary N) is 1. The fraction of sp³-hybridized carbons (Fsp3) is 0.455. The second-order valence-electron chi connectivity index (χ2n) is 4.16. The number of hydrogen-bond donors (Lipinski definition) is 2. The number of ether oxygens (including phenoxy) is 1. The maximum absolute atomic E-state index is 13.6. The minimum Gasteiger partial charge on any atom is -0.492 e. The Hall–Kier alpha value is -1.38. The summed E-state index contributed by atoms with van der Waals surface area (Å²) in [6.45, 7) is 1.35. The van der Waals surface area contributed by atoms with Crippen molar-refractivity contribution < 1.29 is 22.7 Å². The molecular weight excluding hydrogens is 275 g/mol. The van der Waals surface area contributed by atoms with Crippen molar-refractivity contribution in [2.75, 3.05) is 26.4 Å². The van der Waals surface area contributed by atoms with Crippen LogP contribution in [0.25, 0.3) is 0 Å². The van der Waals surface area contributed by atoms with Gasteiger partial charge in [-0.15, -0.1) is 0 Å². The van der Waals surface area contributed by atoms with Gasteiger partial charge in [0.25, 0.3) is 0 Å². The first-order valence-electron chi connectivity index (χ1n) is 5.47. The van der Waals surface area contributed by atoms with E-state index in [9.17, 15) is 17.9 Å². The number of sulfonamides is 1. The molecule has 8 heteroatoms. The Morgan fingerprint density at radius 3 is 2.53 bits per heavy atom. The Kier molecular flexibility index (Phi) is 4.72. The molecule has 1 rings (SSSR count). The van der Waals surface area contributed by atoms with Gasteiger partial charge in [0.05, 0.1) is 23.8 Å². The fourth-order valence-electron chi connectivity index (χ4n) is 1.60. The summed E-state index contributed by atoms with van der Waals surface area (Å²) in [7, 11) is -1.38. The van der Waals surface area contributed by atoms with Crippen molar-refractivity contribution >= 4 is 15.7 Å². The van der Waals surface area contributed by atoms with Gasteiger partial charge in [0, 0.05) is 13.6 Å². The molecule has 19 heavy (non-hydrogen) atoms. The minimum atomic E-state index is -3.91. The number of methoxy groups -OCH3 is 1. The lowest BCUT2D eigenvalue weighted by molar-refractivity contribution is 0.171. The Morgan fingerprint density at radius 2 is 2.11 bits per heavy atom. The standard InChI is InChI=1S/C11H17FN2O4S/c1-7(15)6-14(2)19(16,17)8-4-9(12)11(18-3)10(13)5-8/h4-5,7,15H,6,13H2,1-3H3. The second kappa shape index (κ2) is 5.72. The highest BCUT2D eigenvalue weighted by molar-refractivity contribution is 7.89. The highest BCUT2D eigenvalue weighted by Crippen LogP contribution is 2.29. The molecule has 0 heterocycles. The lowest BCUT2D eigenvalue weighted by Gasteiger charge is -2.19. The number of benzene rings is 1. The number of nitrogens with zero attached hydrogens (tertiary/aromatic N) is 1. The summed E-state index contributed by atoms with van der Waals surface area (Å²) < 4.78 is 43.5. The van der Waals surface area contributed by atoms with Gasteiger partial charge in [-0.05, 0) is 19.1 Å². The zero-order valence-corrected chi connectivity index (χ0v) is 11.7. The van der Waals surface area contributed by atoms with Crippen molar-refractivity contribution in [3.8, 4) is 5.75 Å². The molecule has 0 saturated heterocycles. The van der Waals surface area contributed by atoms with E-state index >= 15 is 0 Å². The van der Waals surface area contributed by atoms with E-state index in [0.717, 1.165) is 16.4 Å². The lowest BCUT2D eigenvalue weighted by Crippen LogP contribution is -2.33. The van der Waals surface area contributed by atoms with Crippen LogP contribution in [-0.4, -0.2) is 44.6 Å². The molecule has 0 fully saturated rings. The lowest BCUT2D eigenvalue weighted by atomic mass is 10.3. The largest absolute Gasteiger partial charge is 0.492 e. The maximum Gasteiger partial charge on any atom is 0.243 e. The van der Waals surface area contributed by atoms with E-state index in [1.54, 1.807) is 0 Å². The average molecular weight is 292 g/mol. The van der Waals surface area contributed by atoms with E-state index in [1.807, 2.05) is 0 Å². The second-order valence-corrected chi connectivity index (χ2v) is 6.21. The van der Waals surface area contributed by atoms with E-state index in [4.69, 9.17) is 10.5 Å². The Bertz CT molecular complexity index is 537. The number of anilines is 1. The van der Waals surface area contributed by atoms with Gasteiger partial charge in [-0.1, -0.05) is 0 Å². The summed E-state index contributed by atoms with van der Waals surface area (Å²) in [6.07, 6.45) is -0.833. The van der Waals surface area contributed by atoms with Gasteiger partial charge < -0.3 is 15.6 Å².